The number of hydrogen-bond donors (Lipinski definition) is 1. The highest BCUT2D eigenvalue weighted by Gasteiger charge is 2.31. The van der Waals surface area contributed by atoms with E-state index >= 15 is 0 Å². The summed E-state index contributed by atoms with van der Waals surface area (Å²) in [5.41, 5.74) is 0. The maximum atomic E-state index is 5.91. The Morgan fingerprint density at radius 1 is 1.37 bits per heavy atom. The molecule has 2 fully saturated rings. The van der Waals surface area contributed by atoms with Gasteiger partial charge in [0.15, 0.2) is 0 Å². The SMILES string of the molecule is CC(C)CCOCCNCC1CN2CCCC2CO1. The minimum Gasteiger partial charge on any atom is -0.380 e. The fraction of sp³-hybridized carbons (Fsp3) is 1.00. The molecule has 2 unspecified atom stereocenters. The maximum Gasteiger partial charge on any atom is 0.0827 e. The number of rotatable bonds is 8. The largest absolute Gasteiger partial charge is 0.380 e. The minimum absolute atomic E-state index is 0.366. The van der Waals surface area contributed by atoms with E-state index in [1.165, 1.54) is 19.4 Å². The summed E-state index contributed by atoms with van der Waals surface area (Å²) in [6, 6.07) is 0.704. The molecular weight excluding hydrogens is 240 g/mol. The Morgan fingerprint density at radius 3 is 3.11 bits per heavy atom. The summed E-state index contributed by atoms with van der Waals surface area (Å²) in [5.74, 6) is 0.733. The topological polar surface area (TPSA) is 33.7 Å². The molecule has 0 aromatic heterocycles. The van der Waals surface area contributed by atoms with Gasteiger partial charge in [-0.05, 0) is 31.7 Å². The third kappa shape index (κ3) is 5.38. The van der Waals surface area contributed by atoms with Gasteiger partial charge in [-0.3, -0.25) is 4.90 Å². The molecule has 2 aliphatic heterocycles. The first kappa shape index (κ1) is 15.2. The van der Waals surface area contributed by atoms with Crippen molar-refractivity contribution in [3.8, 4) is 0 Å². The van der Waals surface area contributed by atoms with Gasteiger partial charge in [-0.25, -0.2) is 0 Å². The number of fused-ring (bicyclic) bond motifs is 1. The average molecular weight is 270 g/mol. The number of hydrogen-bond acceptors (Lipinski definition) is 4. The molecule has 0 radical (unpaired) electrons. The van der Waals surface area contributed by atoms with Gasteiger partial charge >= 0.3 is 0 Å². The molecule has 0 aromatic rings. The lowest BCUT2D eigenvalue weighted by Gasteiger charge is -2.35. The third-order valence-electron chi connectivity index (χ3n) is 4.10. The standard InChI is InChI=1S/C15H30N2O2/c1-13(2)5-8-18-9-6-16-10-15-11-17-7-3-4-14(17)12-19-15/h13-16H,3-12H2,1-2H3. The fourth-order valence-electron chi connectivity index (χ4n) is 2.84. The summed E-state index contributed by atoms with van der Waals surface area (Å²) >= 11 is 0. The molecule has 2 atom stereocenters. The van der Waals surface area contributed by atoms with Gasteiger partial charge in [0, 0.05) is 32.3 Å². The monoisotopic (exact) mass is 270 g/mol. The summed E-state index contributed by atoms with van der Waals surface area (Å²) in [6.45, 7) is 11.3. The van der Waals surface area contributed by atoms with Gasteiger partial charge < -0.3 is 14.8 Å². The predicted octanol–water partition coefficient (Wildman–Crippen LogP) is 1.50. The zero-order chi connectivity index (χ0) is 13.5. The van der Waals surface area contributed by atoms with E-state index in [1.54, 1.807) is 0 Å². The molecule has 2 aliphatic rings. The van der Waals surface area contributed by atoms with Gasteiger partial charge in [0.05, 0.1) is 19.3 Å². The van der Waals surface area contributed by atoms with E-state index < -0.39 is 0 Å². The van der Waals surface area contributed by atoms with Gasteiger partial charge in [0.2, 0.25) is 0 Å². The van der Waals surface area contributed by atoms with E-state index in [0.29, 0.717) is 12.1 Å². The quantitative estimate of drug-likeness (QED) is 0.678. The van der Waals surface area contributed by atoms with Gasteiger partial charge in [0.25, 0.3) is 0 Å². The van der Waals surface area contributed by atoms with Crippen LogP contribution in [0.3, 0.4) is 0 Å². The first-order valence-electron chi connectivity index (χ1n) is 7.90. The molecule has 2 saturated heterocycles. The summed E-state index contributed by atoms with van der Waals surface area (Å²) in [4.78, 5) is 2.59. The van der Waals surface area contributed by atoms with Crippen LogP contribution >= 0.6 is 0 Å². The number of nitrogens with zero attached hydrogens (tertiary/aromatic N) is 1. The van der Waals surface area contributed by atoms with Crippen LogP contribution in [0.25, 0.3) is 0 Å². The summed E-state index contributed by atoms with van der Waals surface area (Å²) in [5, 5.41) is 3.45. The van der Waals surface area contributed by atoms with Crippen LogP contribution in [0.5, 0.6) is 0 Å². The Balaban J connectivity index is 1.45. The van der Waals surface area contributed by atoms with E-state index in [4.69, 9.17) is 9.47 Å². The molecule has 0 saturated carbocycles. The van der Waals surface area contributed by atoms with Crippen molar-refractivity contribution >= 4 is 0 Å². The van der Waals surface area contributed by atoms with Crippen LogP contribution in [0.2, 0.25) is 0 Å². The van der Waals surface area contributed by atoms with E-state index in [0.717, 1.165) is 51.8 Å². The predicted molar refractivity (Wildman–Crippen MR) is 77.5 cm³/mol. The molecule has 0 aromatic carbocycles. The van der Waals surface area contributed by atoms with Crippen molar-refractivity contribution in [1.29, 1.82) is 0 Å². The molecule has 4 nitrogen and oxygen atoms in total. The Kier molecular flexibility index (Phi) is 6.57. The minimum atomic E-state index is 0.366. The molecular formula is C15H30N2O2. The average Bonchev–Trinajstić information content (AvgIpc) is 2.84. The highest BCUT2D eigenvalue weighted by Crippen LogP contribution is 2.22. The van der Waals surface area contributed by atoms with E-state index in [2.05, 4.69) is 24.1 Å². The lowest BCUT2D eigenvalue weighted by Crippen LogP contribution is -2.49. The first-order valence-corrected chi connectivity index (χ1v) is 7.90. The Hall–Kier alpha value is -0.160. The number of morpholine rings is 1. The van der Waals surface area contributed by atoms with Gasteiger partial charge in [-0.15, -0.1) is 0 Å². The van der Waals surface area contributed by atoms with Crippen molar-refractivity contribution < 1.29 is 9.47 Å². The summed E-state index contributed by atoms with van der Waals surface area (Å²) in [7, 11) is 0. The van der Waals surface area contributed by atoms with Gasteiger partial charge in [-0.1, -0.05) is 13.8 Å². The number of ether oxygens (including phenoxy) is 2. The second kappa shape index (κ2) is 8.20. The second-order valence-electron chi connectivity index (χ2n) is 6.25. The van der Waals surface area contributed by atoms with Crippen LogP contribution < -0.4 is 5.32 Å². The first-order chi connectivity index (χ1) is 9.25. The molecule has 2 rings (SSSR count). The van der Waals surface area contributed by atoms with Crippen LogP contribution in [0.4, 0.5) is 0 Å². The highest BCUT2D eigenvalue weighted by molar-refractivity contribution is 4.85. The van der Waals surface area contributed by atoms with E-state index in [1.807, 2.05) is 0 Å². The zero-order valence-corrected chi connectivity index (χ0v) is 12.6. The highest BCUT2D eigenvalue weighted by atomic mass is 16.5. The third-order valence-corrected chi connectivity index (χ3v) is 4.10. The zero-order valence-electron chi connectivity index (χ0n) is 12.6. The summed E-state index contributed by atoms with van der Waals surface area (Å²) < 4.78 is 11.5. The molecule has 1 N–H and O–H groups in total. The Labute approximate surface area is 117 Å². The lowest BCUT2D eigenvalue weighted by molar-refractivity contribution is -0.0473. The molecule has 2 heterocycles. The van der Waals surface area contributed by atoms with Crippen molar-refractivity contribution in [3.05, 3.63) is 0 Å². The molecule has 19 heavy (non-hydrogen) atoms. The van der Waals surface area contributed by atoms with Crippen LogP contribution in [-0.2, 0) is 9.47 Å². The maximum absolute atomic E-state index is 5.91. The van der Waals surface area contributed by atoms with Crippen molar-refractivity contribution in [2.75, 3.05) is 46.0 Å². The van der Waals surface area contributed by atoms with E-state index in [9.17, 15) is 0 Å². The molecule has 0 bridgehead atoms. The molecule has 0 aliphatic carbocycles. The fourth-order valence-corrected chi connectivity index (χ4v) is 2.84. The van der Waals surface area contributed by atoms with Crippen molar-refractivity contribution in [1.82, 2.24) is 10.2 Å². The second-order valence-corrected chi connectivity index (χ2v) is 6.25. The summed E-state index contributed by atoms with van der Waals surface area (Å²) in [6.07, 6.45) is 4.19. The van der Waals surface area contributed by atoms with E-state index in [-0.39, 0.29) is 0 Å². The molecule has 4 heteroatoms. The normalized spacial score (nSPS) is 27.9. The van der Waals surface area contributed by atoms with Crippen molar-refractivity contribution in [2.24, 2.45) is 5.92 Å². The molecule has 0 spiro atoms. The molecule has 112 valence electrons. The van der Waals surface area contributed by atoms with Gasteiger partial charge in [0.1, 0.15) is 0 Å². The van der Waals surface area contributed by atoms with Crippen molar-refractivity contribution in [3.63, 3.8) is 0 Å². The lowest BCUT2D eigenvalue weighted by atomic mass is 10.1. The molecule has 0 amide bonds. The van der Waals surface area contributed by atoms with Crippen molar-refractivity contribution in [2.45, 2.75) is 45.3 Å². The Morgan fingerprint density at radius 2 is 2.26 bits per heavy atom. The Bertz CT molecular complexity index is 248. The van der Waals surface area contributed by atoms with Crippen LogP contribution in [0, 0.1) is 5.92 Å². The van der Waals surface area contributed by atoms with Crippen LogP contribution in [0.1, 0.15) is 33.1 Å². The van der Waals surface area contributed by atoms with Crippen LogP contribution in [0.15, 0.2) is 0 Å². The van der Waals surface area contributed by atoms with Gasteiger partial charge in [-0.2, -0.15) is 0 Å². The smallest absolute Gasteiger partial charge is 0.0827 e. The van der Waals surface area contributed by atoms with Crippen LogP contribution in [-0.4, -0.2) is 63.0 Å². The number of nitrogens with one attached hydrogen (secondary N) is 1.